The Kier molecular flexibility index (Phi) is 6.77. The van der Waals surface area contributed by atoms with Crippen LogP contribution in [0.2, 0.25) is 5.02 Å². The summed E-state index contributed by atoms with van der Waals surface area (Å²) in [5.74, 6) is -0.482. The Balaban J connectivity index is 1.95. The fourth-order valence-corrected chi connectivity index (χ4v) is 3.78. The molecule has 1 fully saturated rings. The zero-order chi connectivity index (χ0) is 17.6. The lowest BCUT2D eigenvalue weighted by atomic mass is 10.2. The zero-order valence-corrected chi connectivity index (χ0v) is 15.2. The van der Waals surface area contributed by atoms with Gasteiger partial charge in [-0.3, -0.25) is 4.79 Å². The van der Waals surface area contributed by atoms with E-state index in [0.29, 0.717) is 5.02 Å². The maximum atomic E-state index is 12.2. The third-order valence-corrected chi connectivity index (χ3v) is 5.66. The van der Waals surface area contributed by atoms with Crippen LogP contribution in [-0.4, -0.2) is 26.1 Å². The molecule has 2 N–H and O–H groups in total. The molecule has 1 unspecified atom stereocenters. The van der Waals surface area contributed by atoms with Crippen LogP contribution in [0.25, 0.3) is 0 Å². The smallest absolute Gasteiger partial charge is 0.257 e. The molecule has 0 saturated heterocycles. The van der Waals surface area contributed by atoms with E-state index in [-0.39, 0.29) is 4.90 Å². The first-order valence-corrected chi connectivity index (χ1v) is 9.88. The van der Waals surface area contributed by atoms with Gasteiger partial charge in [-0.25, -0.2) is 13.8 Å². The van der Waals surface area contributed by atoms with Gasteiger partial charge in [-0.05, 0) is 56.9 Å². The summed E-state index contributed by atoms with van der Waals surface area (Å²) in [7, 11) is -3.79. The van der Waals surface area contributed by atoms with Crippen LogP contribution in [0.15, 0.2) is 34.3 Å². The second-order valence-corrected chi connectivity index (χ2v) is 8.02. The van der Waals surface area contributed by atoms with E-state index in [1.165, 1.54) is 44.0 Å². The van der Waals surface area contributed by atoms with Gasteiger partial charge in [0.15, 0.2) is 0 Å². The minimum absolute atomic E-state index is 0.0571. The summed E-state index contributed by atoms with van der Waals surface area (Å²) < 4.78 is 26.8. The van der Waals surface area contributed by atoms with E-state index in [9.17, 15) is 13.2 Å². The molecular formula is C16H22ClN3O3S. The number of carbonyl (C=O) groups is 1. The van der Waals surface area contributed by atoms with Crippen molar-refractivity contribution >= 4 is 33.2 Å². The Labute approximate surface area is 147 Å². The van der Waals surface area contributed by atoms with Gasteiger partial charge in [0.2, 0.25) is 10.0 Å². The molecule has 0 aliphatic heterocycles. The summed E-state index contributed by atoms with van der Waals surface area (Å²) in [5.41, 5.74) is 3.43. The topological polar surface area (TPSA) is 87.6 Å². The van der Waals surface area contributed by atoms with Crippen molar-refractivity contribution in [2.75, 3.05) is 0 Å². The summed E-state index contributed by atoms with van der Waals surface area (Å²) in [6.07, 6.45) is 6.28. The lowest BCUT2D eigenvalue weighted by Crippen LogP contribution is -2.43. The van der Waals surface area contributed by atoms with Crippen molar-refractivity contribution in [2.45, 2.75) is 56.4 Å². The lowest BCUT2D eigenvalue weighted by molar-refractivity contribution is -0.122. The van der Waals surface area contributed by atoms with E-state index < -0.39 is 22.0 Å². The largest absolute Gasteiger partial charge is 0.271 e. The predicted octanol–water partition coefficient (Wildman–Crippen LogP) is 2.83. The third kappa shape index (κ3) is 5.58. The van der Waals surface area contributed by atoms with Crippen molar-refractivity contribution in [3.8, 4) is 0 Å². The van der Waals surface area contributed by atoms with E-state index in [1.807, 2.05) is 0 Å². The highest BCUT2D eigenvalue weighted by Crippen LogP contribution is 2.15. The SMILES string of the molecule is CC(NS(=O)(=O)c1ccc(Cl)cc1)C(=O)NN=C1CCCCCC1. The number of hydrazone groups is 1. The van der Waals surface area contributed by atoms with Crippen molar-refractivity contribution < 1.29 is 13.2 Å². The van der Waals surface area contributed by atoms with Crippen LogP contribution < -0.4 is 10.1 Å². The predicted molar refractivity (Wildman–Crippen MR) is 94.5 cm³/mol. The molecular weight excluding hydrogens is 350 g/mol. The first-order chi connectivity index (χ1) is 11.4. The van der Waals surface area contributed by atoms with Gasteiger partial charge in [0, 0.05) is 10.7 Å². The molecule has 1 amide bonds. The van der Waals surface area contributed by atoms with Gasteiger partial charge < -0.3 is 0 Å². The summed E-state index contributed by atoms with van der Waals surface area (Å²) in [6.45, 7) is 1.48. The van der Waals surface area contributed by atoms with Crippen LogP contribution in [-0.2, 0) is 14.8 Å². The van der Waals surface area contributed by atoms with Crippen molar-refractivity contribution in [2.24, 2.45) is 5.10 Å². The molecule has 0 aromatic heterocycles. The molecule has 6 nitrogen and oxygen atoms in total. The van der Waals surface area contributed by atoms with Crippen LogP contribution >= 0.6 is 11.6 Å². The number of sulfonamides is 1. The fourth-order valence-electron chi connectivity index (χ4n) is 2.45. The van der Waals surface area contributed by atoms with Gasteiger partial charge in [0.05, 0.1) is 10.9 Å². The molecule has 0 heterocycles. The molecule has 24 heavy (non-hydrogen) atoms. The molecule has 1 aliphatic rings. The van der Waals surface area contributed by atoms with Crippen molar-refractivity contribution in [3.63, 3.8) is 0 Å². The summed E-state index contributed by atoms with van der Waals surface area (Å²) in [5, 5.41) is 4.59. The Morgan fingerprint density at radius 1 is 1.12 bits per heavy atom. The number of hydrogen-bond donors (Lipinski definition) is 2. The Hall–Kier alpha value is -1.44. The van der Waals surface area contributed by atoms with Crippen LogP contribution in [0.4, 0.5) is 0 Å². The molecule has 1 aromatic rings. The second kappa shape index (κ2) is 8.60. The average molecular weight is 372 g/mol. The quantitative estimate of drug-likeness (QED) is 0.616. The van der Waals surface area contributed by atoms with E-state index >= 15 is 0 Å². The van der Waals surface area contributed by atoms with E-state index in [2.05, 4.69) is 15.2 Å². The molecule has 1 saturated carbocycles. The maximum Gasteiger partial charge on any atom is 0.257 e. The molecule has 8 heteroatoms. The Morgan fingerprint density at radius 2 is 1.71 bits per heavy atom. The Bertz CT molecular complexity index is 692. The highest BCUT2D eigenvalue weighted by Gasteiger charge is 2.22. The Morgan fingerprint density at radius 3 is 2.29 bits per heavy atom. The van der Waals surface area contributed by atoms with Gasteiger partial charge in [0.25, 0.3) is 5.91 Å². The van der Waals surface area contributed by atoms with Gasteiger partial charge >= 0.3 is 0 Å². The van der Waals surface area contributed by atoms with Crippen molar-refractivity contribution in [3.05, 3.63) is 29.3 Å². The molecule has 2 rings (SSSR count). The summed E-state index contributed by atoms with van der Waals surface area (Å²) in [4.78, 5) is 12.1. The van der Waals surface area contributed by atoms with E-state index in [0.717, 1.165) is 31.4 Å². The third-order valence-electron chi connectivity index (χ3n) is 3.85. The van der Waals surface area contributed by atoms with Gasteiger partial charge in [-0.1, -0.05) is 24.4 Å². The van der Waals surface area contributed by atoms with Gasteiger partial charge in [-0.15, -0.1) is 0 Å². The first-order valence-electron chi connectivity index (χ1n) is 8.02. The average Bonchev–Trinajstić information content (AvgIpc) is 2.81. The number of benzene rings is 1. The van der Waals surface area contributed by atoms with E-state index in [1.54, 1.807) is 0 Å². The van der Waals surface area contributed by atoms with Crippen molar-refractivity contribution in [1.82, 2.24) is 10.1 Å². The maximum absolute atomic E-state index is 12.2. The summed E-state index contributed by atoms with van der Waals surface area (Å²) >= 11 is 5.75. The van der Waals surface area contributed by atoms with Gasteiger partial charge in [-0.2, -0.15) is 9.82 Å². The number of nitrogens with one attached hydrogen (secondary N) is 2. The van der Waals surface area contributed by atoms with Gasteiger partial charge in [0.1, 0.15) is 0 Å². The minimum Gasteiger partial charge on any atom is -0.271 e. The van der Waals surface area contributed by atoms with Crippen LogP contribution in [0.3, 0.4) is 0 Å². The number of halogens is 1. The van der Waals surface area contributed by atoms with Crippen LogP contribution in [0.1, 0.15) is 45.4 Å². The normalized spacial score (nSPS) is 17.0. The highest BCUT2D eigenvalue weighted by atomic mass is 35.5. The molecule has 1 aromatic carbocycles. The number of hydrogen-bond acceptors (Lipinski definition) is 4. The molecule has 1 atom stereocenters. The van der Waals surface area contributed by atoms with Crippen LogP contribution in [0, 0.1) is 0 Å². The highest BCUT2D eigenvalue weighted by molar-refractivity contribution is 7.89. The zero-order valence-electron chi connectivity index (χ0n) is 13.6. The first kappa shape index (κ1) is 18.9. The number of nitrogens with zero attached hydrogens (tertiary/aromatic N) is 1. The molecule has 1 aliphatic carbocycles. The lowest BCUT2D eigenvalue weighted by Gasteiger charge is -2.13. The molecule has 0 bridgehead atoms. The standard InChI is InChI=1S/C16H22ClN3O3S/c1-12(16(21)19-18-14-6-4-2-3-5-7-14)20-24(22,23)15-10-8-13(17)9-11-15/h8-12,20H,2-7H2,1H3,(H,19,21). The monoisotopic (exact) mass is 371 g/mol. The molecule has 0 spiro atoms. The molecule has 0 radical (unpaired) electrons. The summed E-state index contributed by atoms with van der Waals surface area (Å²) in [6, 6.07) is 4.82. The second-order valence-electron chi connectivity index (χ2n) is 5.87. The molecule has 132 valence electrons. The van der Waals surface area contributed by atoms with E-state index in [4.69, 9.17) is 11.6 Å². The number of rotatable bonds is 5. The fraction of sp³-hybridized carbons (Fsp3) is 0.500. The number of amides is 1. The van der Waals surface area contributed by atoms with Crippen LogP contribution in [0.5, 0.6) is 0 Å². The number of carbonyl (C=O) groups excluding carboxylic acids is 1. The van der Waals surface area contributed by atoms with Crippen molar-refractivity contribution in [1.29, 1.82) is 0 Å². The minimum atomic E-state index is -3.79.